The van der Waals surface area contributed by atoms with Crippen LogP contribution in [0, 0.1) is 11.1 Å². The van der Waals surface area contributed by atoms with Gasteiger partial charge in [0, 0.05) is 42.3 Å². The van der Waals surface area contributed by atoms with Crippen LogP contribution < -0.4 is 15.4 Å². The molecule has 0 saturated carbocycles. The molecule has 1 aliphatic heterocycles. The first-order valence-electron chi connectivity index (χ1n) is 17.5. The summed E-state index contributed by atoms with van der Waals surface area (Å²) in [5, 5.41) is 28.1. The number of esters is 1. The molecule has 0 bridgehead atoms. The zero-order chi connectivity index (χ0) is 37.2. The second kappa shape index (κ2) is 18.0. The number of pyridine rings is 1. The van der Waals surface area contributed by atoms with Crippen LogP contribution >= 0.6 is 11.8 Å². The number of amides is 2. The summed E-state index contributed by atoms with van der Waals surface area (Å²) in [7, 11) is 1.30. The lowest BCUT2D eigenvalue weighted by Crippen LogP contribution is -2.47. The number of aromatic nitrogens is 1. The fourth-order valence-electron chi connectivity index (χ4n) is 6.27. The van der Waals surface area contributed by atoms with Crippen molar-refractivity contribution < 1.29 is 33.6 Å². The maximum atomic E-state index is 12.8. The normalized spacial score (nSPS) is 18.8. The number of thioether (sulfide) groups is 1. The van der Waals surface area contributed by atoms with Gasteiger partial charge in [0.25, 0.3) is 5.03 Å². The van der Waals surface area contributed by atoms with E-state index in [-0.39, 0.29) is 31.3 Å². The highest BCUT2D eigenvalue weighted by Crippen LogP contribution is 2.43. The van der Waals surface area contributed by atoms with E-state index < -0.39 is 24.3 Å². The molecule has 0 unspecified atom stereocenters. The standard InChI is InChI=1S/C42H43N3O7S/c1-28-37(27-53-38-13-6-7-22-45(38)49)51-41(52-39(28)33-16-14-30(26-46)15-17-33)34-20-18-32(19-21-34)35-12-8-11-31(23-35)25-43-42(48)44-36(40(47)50-2)24-29-9-4-3-5-10-29/h3-23,28,36-37,39,41,46H,24-27H2,1-2H3,(H2,43,44,48)/t28-,36+,37+,39+,41+/m1/s1. The lowest BCUT2D eigenvalue weighted by atomic mass is 9.91. The largest absolute Gasteiger partial charge is 0.618 e. The molecule has 1 fully saturated rings. The van der Waals surface area contributed by atoms with Gasteiger partial charge in [-0.25, -0.2) is 9.59 Å². The Hall–Kier alpha value is -5.20. The molecule has 2 heterocycles. The molecule has 6 rings (SSSR count). The van der Waals surface area contributed by atoms with Crippen LogP contribution in [0.15, 0.2) is 133 Å². The van der Waals surface area contributed by atoms with Crippen molar-refractivity contribution in [1.82, 2.24) is 10.6 Å². The van der Waals surface area contributed by atoms with E-state index in [0.29, 0.717) is 17.2 Å². The number of methoxy groups -OCH3 is 1. The van der Waals surface area contributed by atoms with Gasteiger partial charge in [0.2, 0.25) is 0 Å². The molecule has 3 N–H and O–H groups in total. The van der Waals surface area contributed by atoms with Crippen molar-refractivity contribution in [2.24, 2.45) is 5.92 Å². The van der Waals surface area contributed by atoms with Crippen LogP contribution in [0.1, 0.15) is 47.1 Å². The van der Waals surface area contributed by atoms with E-state index in [4.69, 9.17) is 14.2 Å². The lowest BCUT2D eigenvalue weighted by molar-refractivity contribution is -0.645. The van der Waals surface area contributed by atoms with E-state index in [1.165, 1.54) is 25.1 Å². The van der Waals surface area contributed by atoms with Gasteiger partial charge >= 0.3 is 12.0 Å². The van der Waals surface area contributed by atoms with E-state index in [9.17, 15) is 19.9 Å². The molecule has 0 radical (unpaired) electrons. The highest BCUT2D eigenvalue weighted by atomic mass is 32.2. The van der Waals surface area contributed by atoms with Gasteiger partial charge in [-0.2, -0.15) is 4.73 Å². The summed E-state index contributed by atoms with van der Waals surface area (Å²) >= 11 is 1.46. The van der Waals surface area contributed by atoms with Crippen molar-refractivity contribution in [1.29, 1.82) is 0 Å². The number of aliphatic hydroxyl groups is 1. The van der Waals surface area contributed by atoms with Crippen LogP contribution in [0.5, 0.6) is 0 Å². The van der Waals surface area contributed by atoms with Gasteiger partial charge in [-0.05, 0) is 45.5 Å². The Kier molecular flexibility index (Phi) is 12.8. The van der Waals surface area contributed by atoms with Crippen LogP contribution in [-0.4, -0.2) is 42.1 Å². The van der Waals surface area contributed by atoms with Crippen molar-refractivity contribution in [2.75, 3.05) is 12.9 Å². The Morgan fingerprint density at radius 1 is 0.849 bits per heavy atom. The third-order valence-corrected chi connectivity index (χ3v) is 10.4. The quantitative estimate of drug-likeness (QED) is 0.0531. The molecule has 10 nitrogen and oxygen atoms in total. The summed E-state index contributed by atoms with van der Waals surface area (Å²) in [5.41, 5.74) is 6.42. The highest BCUT2D eigenvalue weighted by molar-refractivity contribution is 7.99. The van der Waals surface area contributed by atoms with Crippen molar-refractivity contribution in [3.05, 3.63) is 161 Å². The number of rotatable bonds is 13. The minimum Gasteiger partial charge on any atom is -0.618 e. The van der Waals surface area contributed by atoms with Gasteiger partial charge in [-0.3, -0.25) is 0 Å². The Bertz CT molecular complexity index is 1960. The van der Waals surface area contributed by atoms with Gasteiger partial charge in [0.1, 0.15) is 6.04 Å². The fourth-order valence-corrected chi connectivity index (χ4v) is 7.35. The number of aliphatic hydroxyl groups excluding tert-OH is 1. The van der Waals surface area contributed by atoms with Crippen LogP contribution in [0.4, 0.5) is 4.79 Å². The third kappa shape index (κ3) is 9.82. The number of carbonyl (C=O) groups is 2. The van der Waals surface area contributed by atoms with E-state index in [2.05, 4.69) is 17.6 Å². The van der Waals surface area contributed by atoms with E-state index >= 15 is 0 Å². The Labute approximate surface area is 313 Å². The molecule has 1 saturated heterocycles. The van der Waals surface area contributed by atoms with Crippen molar-refractivity contribution in [3.8, 4) is 11.1 Å². The van der Waals surface area contributed by atoms with Gasteiger partial charge in [0.05, 0.1) is 25.9 Å². The fraction of sp³-hybridized carbons (Fsp3) is 0.262. The van der Waals surface area contributed by atoms with E-state index in [0.717, 1.165) is 43.7 Å². The number of urea groups is 1. The molecule has 11 heteroatoms. The average Bonchev–Trinajstić information content (AvgIpc) is 3.20. The first-order chi connectivity index (χ1) is 25.8. The van der Waals surface area contributed by atoms with E-state index in [1.54, 1.807) is 12.1 Å². The van der Waals surface area contributed by atoms with Gasteiger partial charge in [0.15, 0.2) is 12.5 Å². The summed E-state index contributed by atoms with van der Waals surface area (Å²) < 4.78 is 19.0. The number of carbonyl (C=O) groups excluding carboxylic acids is 2. The molecular weight excluding hydrogens is 691 g/mol. The molecule has 5 aromatic rings. The molecular formula is C42H43N3O7S. The minimum absolute atomic E-state index is 0.0181. The molecule has 1 aliphatic rings. The lowest BCUT2D eigenvalue weighted by Gasteiger charge is -2.41. The molecule has 274 valence electrons. The zero-order valence-corrected chi connectivity index (χ0v) is 30.4. The maximum absolute atomic E-state index is 12.8. The first kappa shape index (κ1) is 37.6. The SMILES string of the molecule is COC(=O)[C@H](Cc1ccccc1)NC(=O)NCc1cccc(-c2ccc([C@H]3O[C@@H](CSc4cccc[n+]4[O-])[C@@H](C)[C@@H](c4ccc(CO)cc4)O3)cc2)c1. The van der Waals surface area contributed by atoms with Crippen LogP contribution in [-0.2, 0) is 38.6 Å². The van der Waals surface area contributed by atoms with Crippen molar-refractivity contribution >= 4 is 23.8 Å². The summed E-state index contributed by atoms with van der Waals surface area (Å²) in [6, 6.07) is 37.2. The molecule has 1 aromatic heterocycles. The minimum atomic E-state index is -0.822. The number of nitrogens with one attached hydrogen (secondary N) is 2. The number of hydrogen-bond donors (Lipinski definition) is 3. The predicted octanol–water partition coefficient (Wildman–Crippen LogP) is 6.65. The average molecular weight is 734 g/mol. The number of nitrogens with zero attached hydrogens (tertiary/aromatic N) is 1. The Morgan fingerprint density at radius 2 is 1.57 bits per heavy atom. The molecule has 5 atom stereocenters. The summed E-state index contributed by atoms with van der Waals surface area (Å²) in [6.45, 7) is 2.32. The molecule has 53 heavy (non-hydrogen) atoms. The first-order valence-corrected chi connectivity index (χ1v) is 18.5. The van der Waals surface area contributed by atoms with Crippen LogP contribution in [0.25, 0.3) is 11.1 Å². The second-order valence-electron chi connectivity index (χ2n) is 12.9. The third-order valence-electron chi connectivity index (χ3n) is 9.28. The molecule has 0 aliphatic carbocycles. The molecule has 4 aromatic carbocycles. The van der Waals surface area contributed by atoms with E-state index in [1.807, 2.05) is 109 Å². The van der Waals surface area contributed by atoms with Crippen LogP contribution in [0.3, 0.4) is 0 Å². The Morgan fingerprint density at radius 3 is 2.28 bits per heavy atom. The van der Waals surface area contributed by atoms with Crippen LogP contribution in [0.2, 0.25) is 0 Å². The Balaban J connectivity index is 1.12. The topological polar surface area (TPSA) is 133 Å². The summed E-state index contributed by atoms with van der Waals surface area (Å²) in [4.78, 5) is 25.2. The maximum Gasteiger partial charge on any atom is 0.328 e. The number of ether oxygens (including phenoxy) is 3. The number of benzene rings is 4. The predicted molar refractivity (Wildman–Crippen MR) is 202 cm³/mol. The summed E-state index contributed by atoms with van der Waals surface area (Å²) in [6.07, 6.45) is 0.669. The monoisotopic (exact) mass is 733 g/mol. The number of hydrogen-bond acceptors (Lipinski definition) is 8. The van der Waals surface area contributed by atoms with Crippen molar-refractivity contribution in [2.45, 2.75) is 56.1 Å². The van der Waals surface area contributed by atoms with Gasteiger partial charge < -0.3 is 35.2 Å². The zero-order valence-electron chi connectivity index (χ0n) is 29.6. The van der Waals surface area contributed by atoms with Crippen molar-refractivity contribution in [3.63, 3.8) is 0 Å². The highest BCUT2D eigenvalue weighted by Gasteiger charge is 2.38. The van der Waals surface area contributed by atoms with Gasteiger partial charge in [-0.1, -0.05) is 116 Å². The molecule has 2 amide bonds. The summed E-state index contributed by atoms with van der Waals surface area (Å²) in [5.74, 6) is 0.0282. The molecule has 0 spiro atoms. The smallest absolute Gasteiger partial charge is 0.328 e. The second-order valence-corrected chi connectivity index (χ2v) is 14.0. The van der Waals surface area contributed by atoms with Gasteiger partial charge in [-0.15, -0.1) is 0 Å².